The maximum absolute atomic E-state index is 11.0. The Bertz CT molecular complexity index is 3510. The molecule has 0 bridgehead atoms. The minimum Gasteiger partial charge on any atom is -0.308 e. The Morgan fingerprint density at radius 2 is 0.667 bits per heavy atom. The van der Waals surface area contributed by atoms with Crippen LogP contribution in [0, 0.1) is 11.3 Å². The first kappa shape index (κ1) is 40.9. The van der Waals surface area contributed by atoms with Crippen molar-refractivity contribution in [3.05, 3.63) is 248 Å². The molecule has 3 heterocycles. The smallest absolute Gasteiger partial charge is 0.162 e. The summed E-state index contributed by atoms with van der Waals surface area (Å²) in [7, 11) is 0. The van der Waals surface area contributed by atoms with Crippen LogP contribution in [0.25, 0.3) is 118 Å². The fourth-order valence-electron chi connectivity index (χ4n) is 9.33. The summed E-state index contributed by atoms with van der Waals surface area (Å²) in [6, 6.07) is 85.5. The monoisotopic (exact) mass is 880 g/mol. The van der Waals surface area contributed by atoms with Crippen molar-refractivity contribution in [1.29, 1.82) is 5.26 Å². The fraction of sp³-hybridized carbons (Fsp3) is 0. The quantitative estimate of drug-likeness (QED) is 0.144. The van der Waals surface area contributed by atoms with Crippen molar-refractivity contribution in [3.8, 4) is 102 Å². The van der Waals surface area contributed by atoms with Gasteiger partial charge < -0.3 is 4.57 Å². The molecule has 9 aromatic carbocycles. The van der Waals surface area contributed by atoms with E-state index in [0.717, 1.165) is 94.6 Å². The first-order valence-electron chi connectivity index (χ1n) is 22.9. The third kappa shape index (κ3) is 7.80. The lowest BCUT2D eigenvalue weighted by Crippen LogP contribution is -2.06. The van der Waals surface area contributed by atoms with E-state index in [4.69, 9.17) is 19.9 Å². The van der Waals surface area contributed by atoms with Crippen LogP contribution in [-0.4, -0.2) is 24.5 Å². The minimum absolute atomic E-state index is 0.443. The Labute approximate surface area is 399 Å². The average molecular weight is 881 g/mol. The predicted molar refractivity (Wildman–Crippen MR) is 280 cm³/mol. The van der Waals surface area contributed by atoms with Crippen molar-refractivity contribution in [2.45, 2.75) is 0 Å². The Morgan fingerprint density at radius 3 is 1.10 bits per heavy atom. The highest BCUT2D eigenvalue weighted by Crippen LogP contribution is 2.44. The van der Waals surface area contributed by atoms with E-state index < -0.39 is 0 Å². The molecule has 0 unspecified atom stereocenters. The summed E-state index contributed by atoms with van der Waals surface area (Å²) in [6.07, 6.45) is 0. The van der Waals surface area contributed by atoms with Gasteiger partial charge in [-0.1, -0.05) is 194 Å². The number of fused-ring (bicyclic) bond motifs is 3. The van der Waals surface area contributed by atoms with Gasteiger partial charge in [0.05, 0.1) is 51.1 Å². The molecule has 12 rings (SSSR count). The number of hydrogen-bond acceptors (Lipinski definition) is 5. The van der Waals surface area contributed by atoms with Gasteiger partial charge in [0.2, 0.25) is 0 Å². The van der Waals surface area contributed by atoms with Crippen LogP contribution >= 0.6 is 0 Å². The first-order chi connectivity index (χ1) is 34.1. The number of nitrogens with zero attached hydrogens (tertiary/aromatic N) is 6. The minimum atomic E-state index is 0.443. The summed E-state index contributed by atoms with van der Waals surface area (Å²) in [5, 5.41) is 13.2. The maximum atomic E-state index is 11.0. The highest BCUT2D eigenvalue weighted by atomic mass is 15.0. The highest BCUT2D eigenvalue weighted by Gasteiger charge is 2.26. The Morgan fingerprint density at radius 1 is 0.304 bits per heavy atom. The SMILES string of the molecule is N#Cc1cc(-c2cc(-c3ccccc3)nc(-c3ccccc3)n2)c(-n2c3ccc(-c4ccccc4)cc3c3cc(-c4ccccc4)ccc32)c(-c2nc(-c3ccccc3)cc(-c3ccccc3)n2)c1. The van der Waals surface area contributed by atoms with E-state index in [2.05, 4.69) is 132 Å². The van der Waals surface area contributed by atoms with Crippen LogP contribution in [0.2, 0.25) is 0 Å². The van der Waals surface area contributed by atoms with E-state index in [-0.39, 0.29) is 0 Å². The zero-order valence-electron chi connectivity index (χ0n) is 37.3. The third-order valence-electron chi connectivity index (χ3n) is 12.7. The second-order valence-electron chi connectivity index (χ2n) is 17.0. The average Bonchev–Trinajstić information content (AvgIpc) is 3.76. The van der Waals surface area contributed by atoms with Gasteiger partial charge in [0.25, 0.3) is 0 Å². The molecule has 0 amide bonds. The number of aromatic nitrogens is 5. The van der Waals surface area contributed by atoms with E-state index in [9.17, 15) is 5.26 Å². The summed E-state index contributed by atoms with van der Waals surface area (Å²) in [5.74, 6) is 1.04. The predicted octanol–water partition coefficient (Wildman–Crippen LogP) is 15.6. The van der Waals surface area contributed by atoms with Crippen molar-refractivity contribution in [3.63, 3.8) is 0 Å². The fourth-order valence-corrected chi connectivity index (χ4v) is 9.33. The Balaban J connectivity index is 1.23. The molecule has 3 aromatic heterocycles. The molecule has 6 heteroatoms. The summed E-state index contributed by atoms with van der Waals surface area (Å²) in [4.78, 5) is 21.4. The zero-order chi connectivity index (χ0) is 46.1. The highest BCUT2D eigenvalue weighted by molar-refractivity contribution is 6.13. The molecular formula is C63H40N6. The van der Waals surface area contributed by atoms with Gasteiger partial charge in [0.15, 0.2) is 11.6 Å². The van der Waals surface area contributed by atoms with Gasteiger partial charge in [-0.2, -0.15) is 5.26 Å². The van der Waals surface area contributed by atoms with Crippen LogP contribution < -0.4 is 0 Å². The van der Waals surface area contributed by atoms with Gasteiger partial charge in [-0.15, -0.1) is 0 Å². The lowest BCUT2D eigenvalue weighted by atomic mass is 9.97. The van der Waals surface area contributed by atoms with E-state index in [1.54, 1.807) is 0 Å². The molecular weight excluding hydrogens is 841 g/mol. The van der Waals surface area contributed by atoms with Crippen molar-refractivity contribution >= 4 is 21.8 Å². The maximum Gasteiger partial charge on any atom is 0.162 e. The second-order valence-corrected chi connectivity index (χ2v) is 17.0. The van der Waals surface area contributed by atoms with Crippen molar-refractivity contribution in [2.24, 2.45) is 0 Å². The lowest BCUT2D eigenvalue weighted by molar-refractivity contribution is 1.13. The standard InChI is InChI=1S/C63H40N6/c64-41-42-35-53(58-40-57(47-27-15-5-16-28-47)65-62(68-58)48-29-17-6-18-30-48)61(54(36-42)63-66-55(45-23-11-3-12-24-45)39-56(67-63)46-25-13-4-14-26-46)69-59-33-31-49(43-19-7-1-8-20-43)37-51(59)52-38-50(32-34-60(52)69)44-21-9-2-10-22-44/h1-40H. The van der Waals surface area contributed by atoms with Crippen LogP contribution in [0.1, 0.15) is 5.56 Å². The Hall–Kier alpha value is -9.57. The Kier molecular flexibility index (Phi) is 10.5. The lowest BCUT2D eigenvalue weighted by Gasteiger charge is -2.20. The van der Waals surface area contributed by atoms with Crippen molar-refractivity contribution in [2.75, 3.05) is 0 Å². The molecule has 0 aliphatic carbocycles. The van der Waals surface area contributed by atoms with E-state index in [1.807, 2.05) is 121 Å². The summed E-state index contributed by atoms with van der Waals surface area (Å²) in [5.41, 5.74) is 15.7. The summed E-state index contributed by atoms with van der Waals surface area (Å²) >= 11 is 0. The summed E-state index contributed by atoms with van der Waals surface area (Å²) in [6.45, 7) is 0. The number of rotatable bonds is 9. The molecule has 69 heavy (non-hydrogen) atoms. The number of hydrogen-bond donors (Lipinski definition) is 0. The van der Waals surface area contributed by atoms with Crippen LogP contribution in [0.3, 0.4) is 0 Å². The van der Waals surface area contributed by atoms with Crippen molar-refractivity contribution < 1.29 is 0 Å². The van der Waals surface area contributed by atoms with Crippen LogP contribution in [0.5, 0.6) is 0 Å². The van der Waals surface area contributed by atoms with Gasteiger partial charge in [-0.05, 0) is 70.8 Å². The molecule has 0 spiro atoms. The van der Waals surface area contributed by atoms with Crippen LogP contribution in [0.4, 0.5) is 0 Å². The number of nitriles is 1. The molecule has 6 nitrogen and oxygen atoms in total. The summed E-state index contributed by atoms with van der Waals surface area (Å²) < 4.78 is 2.33. The molecule has 0 saturated heterocycles. The van der Waals surface area contributed by atoms with E-state index >= 15 is 0 Å². The molecule has 322 valence electrons. The topological polar surface area (TPSA) is 80.3 Å². The zero-order valence-corrected chi connectivity index (χ0v) is 37.3. The molecule has 0 fully saturated rings. The van der Waals surface area contributed by atoms with Crippen molar-refractivity contribution in [1.82, 2.24) is 24.5 Å². The van der Waals surface area contributed by atoms with E-state index in [1.165, 1.54) is 0 Å². The molecule has 12 aromatic rings. The molecule has 0 aliphatic heterocycles. The molecule has 0 saturated carbocycles. The van der Waals surface area contributed by atoms with Crippen LogP contribution in [-0.2, 0) is 0 Å². The van der Waals surface area contributed by atoms with Gasteiger partial charge >= 0.3 is 0 Å². The largest absolute Gasteiger partial charge is 0.308 e. The van der Waals surface area contributed by atoms with Gasteiger partial charge in [-0.25, -0.2) is 19.9 Å². The molecule has 0 radical (unpaired) electrons. The van der Waals surface area contributed by atoms with Gasteiger partial charge in [0, 0.05) is 44.2 Å². The van der Waals surface area contributed by atoms with Crippen LogP contribution in [0.15, 0.2) is 243 Å². The third-order valence-corrected chi connectivity index (χ3v) is 12.7. The number of benzene rings is 9. The second kappa shape index (κ2) is 17.7. The molecule has 0 atom stereocenters. The first-order valence-corrected chi connectivity index (χ1v) is 22.9. The van der Waals surface area contributed by atoms with Gasteiger partial charge in [-0.3, -0.25) is 0 Å². The van der Waals surface area contributed by atoms with Gasteiger partial charge in [0.1, 0.15) is 0 Å². The molecule has 0 aliphatic rings. The van der Waals surface area contributed by atoms with E-state index in [0.29, 0.717) is 28.5 Å². The normalized spacial score (nSPS) is 11.2. The molecule has 0 N–H and O–H groups in total.